The molecule has 2 bridgehead atoms. The van der Waals surface area contributed by atoms with E-state index in [1.54, 1.807) is 12.1 Å². The highest BCUT2D eigenvalue weighted by Gasteiger charge is 2.50. The van der Waals surface area contributed by atoms with Crippen LogP contribution in [0.4, 0.5) is 14.5 Å². The number of aliphatic imine (C=N–C) groups is 1. The smallest absolute Gasteiger partial charge is 0.308 e. The van der Waals surface area contributed by atoms with Crippen molar-refractivity contribution in [1.29, 1.82) is 5.41 Å². The molecule has 0 radical (unpaired) electrons. The van der Waals surface area contributed by atoms with E-state index >= 15 is 4.39 Å². The Labute approximate surface area is 239 Å². The van der Waals surface area contributed by atoms with Crippen molar-refractivity contribution in [2.75, 3.05) is 31.6 Å². The molecule has 1 saturated carbocycles. The third kappa shape index (κ3) is 4.70. The predicted octanol–water partition coefficient (Wildman–Crippen LogP) is 3.93. The molecule has 6 rings (SSSR count). The van der Waals surface area contributed by atoms with Crippen molar-refractivity contribution >= 4 is 23.3 Å². The number of aliphatic carboxylic acids is 1. The number of nitrogens with two attached hydrogens (primary N) is 1. The summed E-state index contributed by atoms with van der Waals surface area (Å²) >= 11 is 0. The molecule has 0 spiro atoms. The number of hydrogen-bond donors (Lipinski definition) is 4. The third-order valence-electron chi connectivity index (χ3n) is 8.06. The summed E-state index contributed by atoms with van der Waals surface area (Å²) in [5, 5.41) is 27.5. The number of nitrogens with one attached hydrogen (secondary N) is 1. The number of nitrogen functional groups attached to an aromatic ring is 1. The monoisotopic (exact) mass is 578 g/mol. The minimum Gasteiger partial charge on any atom is -0.504 e. The molecule has 2 aliphatic heterocycles. The van der Waals surface area contributed by atoms with Crippen LogP contribution in [-0.4, -0.2) is 70.5 Å². The summed E-state index contributed by atoms with van der Waals surface area (Å²) in [5.74, 6) is -5.15. The zero-order valence-corrected chi connectivity index (χ0v) is 22.6. The van der Waals surface area contributed by atoms with Gasteiger partial charge in [-0.25, -0.2) is 9.37 Å². The summed E-state index contributed by atoms with van der Waals surface area (Å²) in [6.07, 6.45) is 2.38. The van der Waals surface area contributed by atoms with Gasteiger partial charge >= 0.3 is 5.97 Å². The highest BCUT2D eigenvalue weighted by atomic mass is 19.1. The number of aromatic hydroxyl groups is 1. The van der Waals surface area contributed by atoms with Crippen molar-refractivity contribution in [3.8, 4) is 28.9 Å². The fourth-order valence-electron chi connectivity index (χ4n) is 6.02. The van der Waals surface area contributed by atoms with E-state index in [1.807, 2.05) is 18.0 Å². The molecule has 3 aliphatic rings. The van der Waals surface area contributed by atoms with Gasteiger partial charge in [-0.2, -0.15) is 4.39 Å². The maximum atomic E-state index is 15.6. The average molecular weight is 579 g/mol. The quantitative estimate of drug-likeness (QED) is 0.230. The van der Waals surface area contributed by atoms with Crippen LogP contribution in [-0.2, 0) is 4.79 Å². The van der Waals surface area contributed by atoms with Gasteiger partial charge in [-0.15, -0.1) is 0 Å². The number of rotatable bonds is 8. The Morgan fingerprint density at radius 2 is 1.95 bits per heavy atom. The molecule has 11 nitrogen and oxygen atoms in total. The van der Waals surface area contributed by atoms with E-state index in [0.717, 1.165) is 24.7 Å². The number of aromatic nitrogens is 1. The van der Waals surface area contributed by atoms with Crippen molar-refractivity contribution in [1.82, 2.24) is 9.88 Å². The van der Waals surface area contributed by atoms with Crippen molar-refractivity contribution in [3.05, 3.63) is 65.4 Å². The molecule has 5 N–H and O–H groups in total. The zero-order chi connectivity index (χ0) is 29.7. The summed E-state index contributed by atoms with van der Waals surface area (Å²) in [6, 6.07) is 8.85. The number of likely N-dealkylation sites (N-methyl/N-ethyl adjacent to an activating group) is 1. The van der Waals surface area contributed by atoms with E-state index in [9.17, 15) is 19.4 Å². The summed E-state index contributed by atoms with van der Waals surface area (Å²) in [5.41, 5.74) is 6.98. The van der Waals surface area contributed by atoms with Crippen LogP contribution in [0.2, 0.25) is 0 Å². The first-order valence-electron chi connectivity index (χ1n) is 13.4. The third-order valence-corrected chi connectivity index (χ3v) is 8.06. The van der Waals surface area contributed by atoms with E-state index in [-0.39, 0.29) is 40.6 Å². The normalized spacial score (nSPS) is 21.0. The molecule has 1 saturated heterocycles. The van der Waals surface area contributed by atoms with Crippen LogP contribution in [0.3, 0.4) is 0 Å². The molecule has 0 amide bonds. The van der Waals surface area contributed by atoms with E-state index in [1.165, 1.54) is 18.2 Å². The van der Waals surface area contributed by atoms with Gasteiger partial charge in [0.1, 0.15) is 17.4 Å². The molecule has 1 aliphatic carbocycles. The second-order valence-electron chi connectivity index (χ2n) is 10.6. The van der Waals surface area contributed by atoms with Crippen LogP contribution in [0.25, 0.3) is 0 Å². The highest BCUT2D eigenvalue weighted by Crippen LogP contribution is 2.46. The predicted molar refractivity (Wildman–Crippen MR) is 149 cm³/mol. The molecule has 218 valence electrons. The number of carbonyl (C=O) groups is 1. The number of fused-ring (bicyclic) bond motifs is 2. The minimum absolute atomic E-state index is 0.0624. The Kier molecular flexibility index (Phi) is 6.79. The van der Waals surface area contributed by atoms with E-state index in [2.05, 4.69) is 14.9 Å². The maximum absolute atomic E-state index is 15.6. The Balaban J connectivity index is 1.35. The lowest BCUT2D eigenvalue weighted by atomic mass is 9.99. The number of carboxylic acid groups (broad SMARTS) is 1. The number of pyridine rings is 1. The number of piperidine rings is 1. The van der Waals surface area contributed by atoms with Gasteiger partial charge in [0, 0.05) is 37.4 Å². The molecule has 1 aromatic heterocycles. The first kappa shape index (κ1) is 27.2. The summed E-state index contributed by atoms with van der Waals surface area (Å²) < 4.78 is 41.8. The molecular formula is C29H28F2N6O5. The molecule has 3 atom stereocenters. The molecule has 3 unspecified atom stereocenters. The Morgan fingerprint density at radius 3 is 2.64 bits per heavy atom. The lowest BCUT2D eigenvalue weighted by molar-refractivity contribution is -0.142. The number of nitrogens with zero attached hydrogens (tertiary/aromatic N) is 4. The molecule has 42 heavy (non-hydrogen) atoms. The fraction of sp³-hybridized carbons (Fsp3) is 0.310. The van der Waals surface area contributed by atoms with E-state index < -0.39 is 35.2 Å². The van der Waals surface area contributed by atoms with Gasteiger partial charge in [0.2, 0.25) is 11.6 Å². The number of halogens is 2. The molecule has 3 aromatic rings. The van der Waals surface area contributed by atoms with Gasteiger partial charge in [0.25, 0.3) is 5.88 Å². The molecule has 2 aromatic carbocycles. The van der Waals surface area contributed by atoms with Crippen molar-refractivity contribution in [2.45, 2.75) is 18.9 Å². The summed E-state index contributed by atoms with van der Waals surface area (Å²) in [4.78, 5) is 24.1. The van der Waals surface area contributed by atoms with Crippen molar-refractivity contribution < 1.29 is 33.3 Å². The number of ether oxygens (including phenoxy) is 2. The number of amidine groups is 2. The largest absolute Gasteiger partial charge is 0.504 e. The van der Waals surface area contributed by atoms with E-state index in [4.69, 9.17) is 20.6 Å². The first-order valence-corrected chi connectivity index (χ1v) is 13.4. The maximum Gasteiger partial charge on any atom is 0.308 e. The fourth-order valence-corrected chi connectivity index (χ4v) is 6.02. The standard InChI is InChI=1S/C29H28F2N6O5/c1-36-9-8-34-27(36)17-11-16(37-13-15-2-5-19(37)23(15)29(39)40)4-7-21(17)41-25-18(30)12-35-28(24(25)31)42-22-10-14(26(32)33)3-6-20(22)38/h3-4,6-7,10-12,15,19,23,38H,2,5,8-9,13H2,1H3,(H3,32,33)(H,39,40). The van der Waals surface area contributed by atoms with Gasteiger partial charge < -0.3 is 35.2 Å². The van der Waals surface area contributed by atoms with E-state index in [0.29, 0.717) is 31.0 Å². The number of anilines is 1. The van der Waals surface area contributed by atoms with Gasteiger partial charge in [-0.05, 0) is 55.2 Å². The highest BCUT2D eigenvalue weighted by molar-refractivity contribution is 6.03. The Hall–Kier alpha value is -4.94. The second kappa shape index (κ2) is 10.5. The van der Waals surface area contributed by atoms with Crippen LogP contribution in [0, 0.1) is 28.9 Å². The molecule has 2 fully saturated rings. The number of hydrogen-bond acceptors (Lipinski definition) is 9. The SMILES string of the molecule is CN1CCN=C1c1cc(N2CC3CCC2C3C(=O)O)ccc1Oc1c(F)cnc(Oc2cc(C(=N)N)ccc2O)c1F. The van der Waals surface area contributed by atoms with Gasteiger partial charge in [-0.1, -0.05) is 0 Å². The Morgan fingerprint density at radius 1 is 1.14 bits per heavy atom. The van der Waals surface area contributed by atoms with Gasteiger partial charge in [0.15, 0.2) is 17.3 Å². The minimum atomic E-state index is -1.25. The van der Waals surface area contributed by atoms with Gasteiger partial charge in [0.05, 0.1) is 24.2 Å². The Bertz CT molecular complexity index is 1630. The number of benzene rings is 2. The lowest BCUT2D eigenvalue weighted by Crippen LogP contribution is -2.35. The van der Waals surface area contributed by atoms with Crippen molar-refractivity contribution in [3.63, 3.8) is 0 Å². The van der Waals surface area contributed by atoms with Crippen LogP contribution < -0.4 is 20.1 Å². The summed E-state index contributed by atoms with van der Waals surface area (Å²) in [6.45, 7) is 1.78. The summed E-state index contributed by atoms with van der Waals surface area (Å²) in [7, 11) is 1.85. The molecular weight excluding hydrogens is 550 g/mol. The molecule has 13 heteroatoms. The number of carboxylic acids is 1. The van der Waals surface area contributed by atoms with Gasteiger partial charge in [-0.3, -0.25) is 15.2 Å². The topological polar surface area (TPSA) is 158 Å². The van der Waals surface area contributed by atoms with Crippen LogP contribution in [0.15, 0.2) is 47.6 Å². The van der Waals surface area contributed by atoms with Crippen LogP contribution in [0.1, 0.15) is 24.0 Å². The zero-order valence-electron chi connectivity index (χ0n) is 22.6. The van der Waals surface area contributed by atoms with Crippen molar-refractivity contribution in [2.24, 2.45) is 22.6 Å². The average Bonchev–Trinajstić information content (AvgIpc) is 3.68. The lowest BCUT2D eigenvalue weighted by Gasteiger charge is -2.30. The van der Waals surface area contributed by atoms with Crippen LogP contribution in [0.5, 0.6) is 28.9 Å². The number of phenols is 1. The second-order valence-corrected chi connectivity index (χ2v) is 10.6. The van der Waals surface area contributed by atoms with Crippen LogP contribution >= 0.6 is 0 Å². The number of phenolic OH excluding ortho intramolecular Hbond substituents is 1. The molecule has 3 heterocycles. The first-order chi connectivity index (χ1) is 20.1.